The Morgan fingerprint density at radius 3 is 2.67 bits per heavy atom. The third-order valence-electron chi connectivity index (χ3n) is 4.89. The largest absolute Gasteiger partial charge is 0.343 e. The minimum atomic E-state index is -0.283. The normalized spacial score (nSPS) is 10.7. The summed E-state index contributed by atoms with van der Waals surface area (Å²) >= 11 is 1.19. The molecule has 0 aliphatic rings. The van der Waals surface area contributed by atoms with Crippen molar-refractivity contribution in [2.75, 3.05) is 11.1 Å². The molecule has 0 saturated heterocycles. The first-order valence-corrected chi connectivity index (χ1v) is 10.7. The number of aromatic nitrogens is 4. The van der Waals surface area contributed by atoms with Crippen LogP contribution < -0.4 is 11.0 Å². The Morgan fingerprint density at radius 1 is 1.27 bits per heavy atom. The zero-order valence-corrected chi connectivity index (χ0v) is 18.0. The van der Waals surface area contributed by atoms with Crippen LogP contribution in [0, 0.1) is 25.2 Å². The van der Waals surface area contributed by atoms with Crippen LogP contribution in [0.25, 0.3) is 0 Å². The van der Waals surface area contributed by atoms with Gasteiger partial charge in [-0.05, 0) is 31.4 Å². The lowest BCUT2D eigenvalue weighted by Crippen LogP contribution is -2.20. The fourth-order valence-electron chi connectivity index (χ4n) is 3.23. The topological polar surface area (TPSA) is 108 Å². The number of hydrogen-bond acceptors (Lipinski definition) is 5. The summed E-state index contributed by atoms with van der Waals surface area (Å²) in [6.07, 6.45) is 0.788. The van der Waals surface area contributed by atoms with Gasteiger partial charge in [-0.1, -0.05) is 49.0 Å². The average Bonchev–Trinajstić information content (AvgIpc) is 3.20. The summed E-state index contributed by atoms with van der Waals surface area (Å²) in [6.45, 7) is 6.88. The van der Waals surface area contributed by atoms with Crippen LogP contribution in [0.1, 0.15) is 35.7 Å². The van der Waals surface area contributed by atoms with E-state index in [-0.39, 0.29) is 17.3 Å². The molecule has 0 aliphatic heterocycles. The molecule has 3 aromatic rings. The molecule has 156 valence electrons. The third kappa shape index (κ3) is 4.49. The summed E-state index contributed by atoms with van der Waals surface area (Å²) in [4.78, 5) is 24.5. The second kappa shape index (κ2) is 9.50. The molecule has 9 heteroatoms. The van der Waals surface area contributed by atoms with Gasteiger partial charge in [-0.3, -0.25) is 9.36 Å². The fourth-order valence-corrected chi connectivity index (χ4v) is 4.00. The van der Waals surface area contributed by atoms with Gasteiger partial charge in [0, 0.05) is 18.8 Å². The highest BCUT2D eigenvalue weighted by molar-refractivity contribution is 7.99. The zero-order valence-electron chi connectivity index (χ0n) is 17.2. The number of nitrogens with one attached hydrogen (secondary N) is 2. The van der Waals surface area contributed by atoms with E-state index in [0.29, 0.717) is 29.6 Å². The Morgan fingerprint density at radius 2 is 2.00 bits per heavy atom. The Balaban J connectivity index is 1.80. The van der Waals surface area contributed by atoms with Crippen LogP contribution in [0.2, 0.25) is 0 Å². The van der Waals surface area contributed by atoms with Gasteiger partial charge >= 0.3 is 5.69 Å². The number of hydrogen-bond donors (Lipinski definition) is 2. The van der Waals surface area contributed by atoms with Crippen LogP contribution in [0.15, 0.2) is 40.3 Å². The van der Waals surface area contributed by atoms with Crippen LogP contribution >= 0.6 is 11.8 Å². The number of carbonyl (C=O) groups excluding carboxylic acids is 1. The molecule has 3 rings (SSSR count). The number of H-pyrrole nitrogens is 1. The standard InChI is InChI=1S/C21H24N6O2S/c1-4-10-26-20(29)24-25-21(26)30-13-18(28)23-19-17(11-22)14(2)15(3)27(19)12-16-8-6-5-7-9-16/h5-9H,4,10,12-13H2,1-3H3,(H,23,28)(H,24,29). The Kier molecular flexibility index (Phi) is 6.79. The highest BCUT2D eigenvalue weighted by atomic mass is 32.2. The minimum Gasteiger partial charge on any atom is -0.326 e. The van der Waals surface area contributed by atoms with Gasteiger partial charge in [0.05, 0.1) is 11.3 Å². The molecule has 0 atom stereocenters. The van der Waals surface area contributed by atoms with Crippen molar-refractivity contribution in [2.45, 2.75) is 45.4 Å². The van der Waals surface area contributed by atoms with E-state index in [1.807, 2.05) is 55.7 Å². The Hall–Kier alpha value is -3.25. The maximum Gasteiger partial charge on any atom is 0.343 e. The third-order valence-corrected chi connectivity index (χ3v) is 5.86. The van der Waals surface area contributed by atoms with Crippen molar-refractivity contribution in [1.82, 2.24) is 19.3 Å². The van der Waals surface area contributed by atoms with Gasteiger partial charge in [-0.15, -0.1) is 5.10 Å². The first kappa shape index (κ1) is 21.5. The van der Waals surface area contributed by atoms with Gasteiger partial charge in [-0.2, -0.15) is 5.26 Å². The van der Waals surface area contributed by atoms with E-state index >= 15 is 0 Å². The highest BCUT2D eigenvalue weighted by Gasteiger charge is 2.20. The predicted octanol–water partition coefficient (Wildman–Crippen LogP) is 3.05. The van der Waals surface area contributed by atoms with Gasteiger partial charge in [0.2, 0.25) is 5.91 Å². The maximum absolute atomic E-state index is 12.7. The molecule has 0 saturated carbocycles. The second-order valence-electron chi connectivity index (χ2n) is 6.92. The van der Waals surface area contributed by atoms with E-state index in [0.717, 1.165) is 23.2 Å². The quantitative estimate of drug-likeness (QED) is 0.540. The summed E-state index contributed by atoms with van der Waals surface area (Å²) in [5.41, 5.74) is 3.03. The van der Waals surface area contributed by atoms with Crippen molar-refractivity contribution in [1.29, 1.82) is 5.26 Å². The molecule has 0 fully saturated rings. The van der Waals surface area contributed by atoms with E-state index in [9.17, 15) is 14.9 Å². The monoisotopic (exact) mass is 424 g/mol. The van der Waals surface area contributed by atoms with Gasteiger partial charge in [0.25, 0.3) is 0 Å². The summed E-state index contributed by atoms with van der Waals surface area (Å²) in [7, 11) is 0. The molecule has 0 aliphatic carbocycles. The lowest BCUT2D eigenvalue weighted by molar-refractivity contribution is -0.113. The van der Waals surface area contributed by atoms with Crippen molar-refractivity contribution in [3.63, 3.8) is 0 Å². The molecule has 30 heavy (non-hydrogen) atoms. The van der Waals surface area contributed by atoms with E-state index < -0.39 is 0 Å². The number of amides is 1. The number of nitriles is 1. The molecule has 8 nitrogen and oxygen atoms in total. The summed E-state index contributed by atoms with van der Waals surface area (Å²) in [5, 5.41) is 19.4. The highest BCUT2D eigenvalue weighted by Crippen LogP contribution is 2.27. The Labute approximate surface area is 178 Å². The number of rotatable bonds is 8. The molecule has 0 radical (unpaired) electrons. The van der Waals surface area contributed by atoms with Crippen LogP contribution in [-0.2, 0) is 17.9 Å². The molecular weight excluding hydrogens is 400 g/mol. The summed E-state index contributed by atoms with van der Waals surface area (Å²) in [6, 6.07) is 12.1. The van der Waals surface area contributed by atoms with E-state index in [4.69, 9.17) is 0 Å². The van der Waals surface area contributed by atoms with E-state index in [1.54, 1.807) is 0 Å². The fraction of sp³-hybridized carbons (Fsp3) is 0.333. The first-order chi connectivity index (χ1) is 14.5. The summed E-state index contributed by atoms with van der Waals surface area (Å²) in [5.74, 6) is 0.310. The van der Waals surface area contributed by atoms with Gasteiger partial charge < -0.3 is 9.88 Å². The van der Waals surface area contributed by atoms with Gasteiger partial charge in [0.1, 0.15) is 11.9 Å². The zero-order chi connectivity index (χ0) is 21.7. The van der Waals surface area contributed by atoms with Crippen molar-refractivity contribution in [3.8, 4) is 6.07 Å². The average molecular weight is 425 g/mol. The first-order valence-electron chi connectivity index (χ1n) is 9.67. The number of carbonyl (C=O) groups is 1. The lowest BCUT2D eigenvalue weighted by Gasteiger charge is -2.13. The van der Waals surface area contributed by atoms with Crippen LogP contribution in [0.3, 0.4) is 0 Å². The maximum atomic E-state index is 12.7. The van der Waals surface area contributed by atoms with Crippen LogP contribution in [0.4, 0.5) is 5.82 Å². The number of nitrogens with zero attached hydrogens (tertiary/aromatic N) is 4. The molecular formula is C21H24N6O2S. The van der Waals surface area contributed by atoms with Crippen molar-refractivity contribution in [3.05, 3.63) is 63.2 Å². The minimum absolute atomic E-state index is 0.0769. The molecule has 0 spiro atoms. The lowest BCUT2D eigenvalue weighted by atomic mass is 10.2. The molecule has 2 N–H and O–H groups in total. The SMILES string of the molecule is CCCn1c(SCC(=O)Nc2c(C#N)c(C)c(C)n2Cc2ccccc2)n[nH]c1=O. The smallest absolute Gasteiger partial charge is 0.326 e. The summed E-state index contributed by atoms with van der Waals surface area (Å²) < 4.78 is 3.47. The van der Waals surface area contributed by atoms with Gasteiger partial charge in [-0.25, -0.2) is 9.89 Å². The number of anilines is 1. The number of thioether (sulfide) groups is 1. The van der Waals surface area contributed by atoms with Gasteiger partial charge in [0.15, 0.2) is 5.16 Å². The van der Waals surface area contributed by atoms with Crippen molar-refractivity contribution in [2.24, 2.45) is 0 Å². The molecule has 2 aromatic heterocycles. The molecule has 0 bridgehead atoms. The van der Waals surface area contributed by atoms with Crippen LogP contribution in [-0.4, -0.2) is 31.0 Å². The predicted molar refractivity (Wildman–Crippen MR) is 117 cm³/mol. The second-order valence-corrected chi connectivity index (χ2v) is 7.86. The van der Waals surface area contributed by atoms with Crippen molar-refractivity contribution >= 4 is 23.5 Å². The molecule has 0 unspecified atom stereocenters. The Bertz CT molecular complexity index is 1140. The number of aromatic amines is 1. The van der Waals surface area contributed by atoms with E-state index in [2.05, 4.69) is 21.6 Å². The molecule has 1 aromatic carbocycles. The molecule has 2 heterocycles. The molecule has 1 amide bonds. The van der Waals surface area contributed by atoms with E-state index in [1.165, 1.54) is 16.3 Å². The van der Waals surface area contributed by atoms with Crippen molar-refractivity contribution < 1.29 is 4.79 Å². The van der Waals surface area contributed by atoms with Crippen LogP contribution in [0.5, 0.6) is 0 Å². The number of benzene rings is 1.